The molecule has 5 nitrogen and oxygen atoms in total. The summed E-state index contributed by atoms with van der Waals surface area (Å²) in [5.41, 5.74) is 1.04. The standard InChI is InChI=1S/C13H11NO4/c15-11(16)5-6-14-7-10-12(17)8-3-1-2-4-9(8)13(10)18/h1-4,7,17H,5-6H2,(H,15,16). The highest BCUT2D eigenvalue weighted by Gasteiger charge is 2.27. The van der Waals surface area contributed by atoms with Crippen molar-refractivity contribution in [1.82, 2.24) is 0 Å². The van der Waals surface area contributed by atoms with E-state index in [1.165, 1.54) is 6.21 Å². The second-order valence-electron chi connectivity index (χ2n) is 3.82. The van der Waals surface area contributed by atoms with Crippen LogP contribution in [-0.2, 0) is 4.79 Å². The molecule has 2 N–H and O–H groups in total. The van der Waals surface area contributed by atoms with Crippen LogP contribution in [-0.4, -0.2) is 34.7 Å². The normalized spacial score (nSPS) is 14.3. The van der Waals surface area contributed by atoms with Crippen molar-refractivity contribution in [3.05, 3.63) is 41.0 Å². The predicted octanol–water partition coefficient (Wildman–Crippen LogP) is 1.70. The summed E-state index contributed by atoms with van der Waals surface area (Å²) >= 11 is 0. The number of carbonyl (C=O) groups is 2. The van der Waals surface area contributed by atoms with Gasteiger partial charge in [0.05, 0.1) is 12.0 Å². The Labute approximate surface area is 103 Å². The molecular weight excluding hydrogens is 234 g/mol. The Bertz CT molecular complexity index is 572. The number of aliphatic imine (C=N–C) groups is 1. The Morgan fingerprint density at radius 1 is 1.28 bits per heavy atom. The summed E-state index contributed by atoms with van der Waals surface area (Å²) in [6.45, 7) is 0.0791. The molecule has 0 aliphatic heterocycles. The Kier molecular flexibility index (Phi) is 3.23. The number of nitrogens with zero attached hydrogens (tertiary/aromatic N) is 1. The highest BCUT2D eigenvalue weighted by Crippen LogP contribution is 2.29. The molecule has 0 fully saturated rings. The van der Waals surface area contributed by atoms with E-state index >= 15 is 0 Å². The van der Waals surface area contributed by atoms with Crippen molar-refractivity contribution < 1.29 is 19.8 Å². The van der Waals surface area contributed by atoms with Crippen LogP contribution in [0.25, 0.3) is 5.76 Å². The highest BCUT2D eigenvalue weighted by molar-refractivity contribution is 6.30. The third-order valence-corrected chi connectivity index (χ3v) is 2.60. The number of aliphatic carboxylic acids is 1. The SMILES string of the molecule is O=C(O)CCN=CC1=C(O)c2ccccc2C1=O. The van der Waals surface area contributed by atoms with E-state index in [2.05, 4.69) is 4.99 Å². The molecule has 0 heterocycles. The first kappa shape index (κ1) is 12.0. The van der Waals surface area contributed by atoms with Crippen LogP contribution in [0.5, 0.6) is 0 Å². The van der Waals surface area contributed by atoms with E-state index < -0.39 is 5.97 Å². The van der Waals surface area contributed by atoms with E-state index in [1.54, 1.807) is 24.3 Å². The first-order valence-corrected chi connectivity index (χ1v) is 5.40. The zero-order valence-electron chi connectivity index (χ0n) is 9.46. The van der Waals surface area contributed by atoms with Crippen LogP contribution < -0.4 is 0 Å². The van der Waals surface area contributed by atoms with Crippen LogP contribution >= 0.6 is 0 Å². The molecular formula is C13H11NO4. The Hall–Kier alpha value is -2.43. The summed E-state index contributed by atoms with van der Waals surface area (Å²) < 4.78 is 0. The number of hydrogen-bond donors (Lipinski definition) is 2. The second-order valence-corrected chi connectivity index (χ2v) is 3.82. The van der Waals surface area contributed by atoms with Gasteiger partial charge in [-0.3, -0.25) is 14.6 Å². The van der Waals surface area contributed by atoms with E-state index in [4.69, 9.17) is 5.11 Å². The Morgan fingerprint density at radius 2 is 1.94 bits per heavy atom. The van der Waals surface area contributed by atoms with Gasteiger partial charge in [0.25, 0.3) is 0 Å². The summed E-state index contributed by atoms with van der Waals surface area (Å²) in [4.78, 5) is 26.0. The minimum Gasteiger partial charge on any atom is -0.506 e. The Balaban J connectivity index is 2.19. The summed E-state index contributed by atoms with van der Waals surface area (Å²) in [5.74, 6) is -1.34. The maximum Gasteiger partial charge on any atom is 0.305 e. The molecule has 0 radical (unpaired) electrons. The highest BCUT2D eigenvalue weighted by atomic mass is 16.4. The number of benzene rings is 1. The van der Waals surface area contributed by atoms with Gasteiger partial charge in [0.2, 0.25) is 0 Å². The van der Waals surface area contributed by atoms with E-state index in [-0.39, 0.29) is 30.1 Å². The summed E-state index contributed by atoms with van der Waals surface area (Å²) in [5, 5.41) is 18.3. The molecule has 0 unspecified atom stereocenters. The Morgan fingerprint density at radius 3 is 2.56 bits per heavy atom. The lowest BCUT2D eigenvalue weighted by atomic mass is 10.1. The van der Waals surface area contributed by atoms with E-state index in [1.807, 2.05) is 0 Å². The maximum absolute atomic E-state index is 11.9. The van der Waals surface area contributed by atoms with Crippen molar-refractivity contribution in [2.24, 2.45) is 4.99 Å². The lowest BCUT2D eigenvalue weighted by molar-refractivity contribution is -0.136. The van der Waals surface area contributed by atoms with Crippen molar-refractivity contribution in [1.29, 1.82) is 0 Å². The molecule has 0 amide bonds. The summed E-state index contributed by atoms with van der Waals surface area (Å²) in [6, 6.07) is 6.73. The quantitative estimate of drug-likeness (QED) is 0.790. The second kappa shape index (κ2) is 4.83. The lowest BCUT2D eigenvalue weighted by Gasteiger charge is -1.95. The minimum absolute atomic E-state index is 0.0791. The van der Waals surface area contributed by atoms with E-state index in [0.29, 0.717) is 11.1 Å². The smallest absolute Gasteiger partial charge is 0.305 e. The number of rotatable bonds is 4. The molecule has 5 heteroatoms. The van der Waals surface area contributed by atoms with Crippen molar-refractivity contribution in [2.75, 3.05) is 6.54 Å². The monoisotopic (exact) mass is 245 g/mol. The van der Waals surface area contributed by atoms with Gasteiger partial charge in [-0.25, -0.2) is 0 Å². The van der Waals surface area contributed by atoms with Gasteiger partial charge in [0.1, 0.15) is 5.76 Å². The topological polar surface area (TPSA) is 87.0 Å². The van der Waals surface area contributed by atoms with Crippen LogP contribution in [0.1, 0.15) is 22.3 Å². The number of fused-ring (bicyclic) bond motifs is 1. The lowest BCUT2D eigenvalue weighted by Crippen LogP contribution is -2.01. The average molecular weight is 245 g/mol. The molecule has 0 aromatic heterocycles. The molecule has 0 saturated carbocycles. The first-order chi connectivity index (χ1) is 8.61. The van der Waals surface area contributed by atoms with Gasteiger partial charge >= 0.3 is 5.97 Å². The molecule has 1 aromatic carbocycles. The maximum atomic E-state index is 11.9. The first-order valence-electron chi connectivity index (χ1n) is 5.40. The molecule has 2 rings (SSSR count). The zero-order valence-corrected chi connectivity index (χ0v) is 9.46. The molecule has 1 aromatic rings. The van der Waals surface area contributed by atoms with Crippen molar-refractivity contribution in [3.8, 4) is 0 Å². The van der Waals surface area contributed by atoms with Crippen LogP contribution in [0, 0.1) is 0 Å². The number of Topliss-reactive ketones (excluding diaryl/α,β-unsaturated/α-hetero) is 1. The third-order valence-electron chi connectivity index (χ3n) is 2.60. The number of carboxylic acid groups (broad SMARTS) is 1. The van der Waals surface area contributed by atoms with Gasteiger partial charge < -0.3 is 10.2 Å². The molecule has 0 bridgehead atoms. The molecule has 92 valence electrons. The third kappa shape index (κ3) is 2.15. The molecule has 0 atom stereocenters. The number of carboxylic acids is 1. The number of ketones is 1. The molecule has 0 spiro atoms. The van der Waals surface area contributed by atoms with Gasteiger partial charge in [0.15, 0.2) is 5.78 Å². The fourth-order valence-electron chi connectivity index (χ4n) is 1.72. The van der Waals surface area contributed by atoms with E-state index in [0.717, 1.165) is 0 Å². The number of carbonyl (C=O) groups excluding carboxylic acids is 1. The fraction of sp³-hybridized carbons (Fsp3) is 0.154. The van der Waals surface area contributed by atoms with Crippen LogP contribution in [0.3, 0.4) is 0 Å². The van der Waals surface area contributed by atoms with Crippen LogP contribution in [0.15, 0.2) is 34.8 Å². The number of aliphatic hydroxyl groups excluding tert-OH is 1. The van der Waals surface area contributed by atoms with Gasteiger partial charge in [-0.05, 0) is 0 Å². The van der Waals surface area contributed by atoms with Crippen molar-refractivity contribution in [2.45, 2.75) is 6.42 Å². The molecule has 0 saturated heterocycles. The van der Waals surface area contributed by atoms with E-state index in [9.17, 15) is 14.7 Å². The van der Waals surface area contributed by atoms with Gasteiger partial charge in [-0.1, -0.05) is 24.3 Å². The molecule has 1 aliphatic carbocycles. The largest absolute Gasteiger partial charge is 0.506 e. The molecule has 18 heavy (non-hydrogen) atoms. The fourth-order valence-corrected chi connectivity index (χ4v) is 1.72. The minimum atomic E-state index is -0.952. The van der Waals surface area contributed by atoms with Crippen molar-refractivity contribution >= 4 is 23.7 Å². The number of hydrogen-bond acceptors (Lipinski definition) is 4. The average Bonchev–Trinajstić information content (AvgIpc) is 2.59. The van der Waals surface area contributed by atoms with Crippen molar-refractivity contribution in [3.63, 3.8) is 0 Å². The van der Waals surface area contributed by atoms with Crippen LogP contribution in [0.2, 0.25) is 0 Å². The predicted molar refractivity (Wildman–Crippen MR) is 65.9 cm³/mol. The summed E-state index contributed by atoms with van der Waals surface area (Å²) in [6.07, 6.45) is 1.13. The van der Waals surface area contributed by atoms with Gasteiger partial charge in [-0.2, -0.15) is 0 Å². The number of aliphatic hydroxyl groups is 1. The number of allylic oxidation sites excluding steroid dienone is 1. The zero-order chi connectivity index (χ0) is 13.1. The molecule has 1 aliphatic rings. The van der Waals surface area contributed by atoms with Gasteiger partial charge in [-0.15, -0.1) is 0 Å². The van der Waals surface area contributed by atoms with Crippen LogP contribution in [0.4, 0.5) is 0 Å². The summed E-state index contributed by atoms with van der Waals surface area (Å²) in [7, 11) is 0. The van der Waals surface area contributed by atoms with Gasteiger partial charge in [0, 0.05) is 23.9 Å².